The second-order valence-corrected chi connectivity index (χ2v) is 6.69. The summed E-state index contributed by atoms with van der Waals surface area (Å²) in [6.07, 6.45) is 4.94. The highest BCUT2D eigenvalue weighted by Gasteiger charge is 2.38. The molecule has 3 atom stereocenters. The zero-order chi connectivity index (χ0) is 14.5. The summed E-state index contributed by atoms with van der Waals surface area (Å²) in [5.41, 5.74) is 0. The predicted octanol–water partition coefficient (Wildman–Crippen LogP) is 3.78. The van der Waals surface area contributed by atoms with E-state index in [1.54, 1.807) is 11.3 Å². The van der Waals surface area contributed by atoms with E-state index in [9.17, 15) is 4.79 Å². The number of unbranched alkanes of at least 4 members (excludes halogenated alkanes) is 1. The average molecular weight is 294 g/mol. The van der Waals surface area contributed by atoms with Gasteiger partial charge in [-0.25, -0.2) is 0 Å². The van der Waals surface area contributed by atoms with Crippen molar-refractivity contribution in [2.24, 2.45) is 5.92 Å². The standard InChI is InChI=1S/C16H26N2OS/c1-4-6-8-13(5-2)11-18-15(14-9-7-10-20-14)17-12(3)16(18)19/h7,9-10,12-13,15,17H,4-6,8,11H2,1-3H3. The van der Waals surface area contributed by atoms with Crippen molar-refractivity contribution < 1.29 is 4.79 Å². The van der Waals surface area contributed by atoms with Crippen LogP contribution in [0.1, 0.15) is 57.5 Å². The molecular weight excluding hydrogens is 268 g/mol. The molecule has 0 aliphatic carbocycles. The Balaban J connectivity index is 2.07. The van der Waals surface area contributed by atoms with Crippen LogP contribution in [0.25, 0.3) is 0 Å². The summed E-state index contributed by atoms with van der Waals surface area (Å²) in [4.78, 5) is 15.7. The van der Waals surface area contributed by atoms with Gasteiger partial charge in [0.1, 0.15) is 6.17 Å². The number of nitrogens with one attached hydrogen (secondary N) is 1. The van der Waals surface area contributed by atoms with Crippen molar-refractivity contribution in [3.05, 3.63) is 22.4 Å². The van der Waals surface area contributed by atoms with Crippen molar-refractivity contribution in [2.75, 3.05) is 6.54 Å². The topological polar surface area (TPSA) is 32.3 Å². The Bertz CT molecular complexity index is 418. The number of nitrogens with zero attached hydrogens (tertiary/aromatic N) is 1. The summed E-state index contributed by atoms with van der Waals surface area (Å²) in [6, 6.07) is 4.11. The van der Waals surface area contributed by atoms with Crippen LogP contribution in [0.3, 0.4) is 0 Å². The van der Waals surface area contributed by atoms with Crippen molar-refractivity contribution in [2.45, 2.75) is 58.7 Å². The van der Waals surface area contributed by atoms with Crippen molar-refractivity contribution in [1.82, 2.24) is 10.2 Å². The van der Waals surface area contributed by atoms with Crippen LogP contribution in [-0.4, -0.2) is 23.4 Å². The van der Waals surface area contributed by atoms with Crippen LogP contribution < -0.4 is 5.32 Å². The predicted molar refractivity (Wildman–Crippen MR) is 84.7 cm³/mol. The molecule has 2 rings (SSSR count). The highest BCUT2D eigenvalue weighted by atomic mass is 32.1. The van der Waals surface area contributed by atoms with Gasteiger partial charge < -0.3 is 4.90 Å². The van der Waals surface area contributed by atoms with Crippen molar-refractivity contribution in [3.63, 3.8) is 0 Å². The first-order valence-corrected chi connectivity index (χ1v) is 8.65. The van der Waals surface area contributed by atoms with E-state index in [0.717, 1.165) is 13.0 Å². The smallest absolute Gasteiger partial charge is 0.241 e. The van der Waals surface area contributed by atoms with Gasteiger partial charge in [-0.2, -0.15) is 0 Å². The summed E-state index contributed by atoms with van der Waals surface area (Å²) >= 11 is 1.72. The molecule has 0 bridgehead atoms. The third kappa shape index (κ3) is 3.41. The molecule has 3 nitrogen and oxygen atoms in total. The van der Waals surface area contributed by atoms with Gasteiger partial charge in [0.25, 0.3) is 0 Å². The molecule has 0 aromatic carbocycles. The summed E-state index contributed by atoms with van der Waals surface area (Å²) < 4.78 is 0. The normalized spacial score (nSPS) is 24.4. The zero-order valence-corrected chi connectivity index (χ0v) is 13.6. The maximum absolute atomic E-state index is 12.4. The number of thiophene rings is 1. The molecule has 3 unspecified atom stereocenters. The summed E-state index contributed by atoms with van der Waals surface area (Å²) in [7, 11) is 0. The Hall–Kier alpha value is -0.870. The Labute approximate surface area is 126 Å². The molecule has 1 amide bonds. The highest BCUT2D eigenvalue weighted by Crippen LogP contribution is 2.30. The van der Waals surface area contributed by atoms with Crippen molar-refractivity contribution in [1.29, 1.82) is 0 Å². The SMILES string of the molecule is CCCCC(CC)CN1C(=O)C(C)NC1c1cccs1. The molecule has 112 valence electrons. The fourth-order valence-corrected chi connectivity index (χ4v) is 3.64. The molecule has 1 fully saturated rings. The highest BCUT2D eigenvalue weighted by molar-refractivity contribution is 7.10. The third-order valence-corrected chi connectivity index (χ3v) is 5.11. The first-order chi connectivity index (χ1) is 9.67. The maximum Gasteiger partial charge on any atom is 0.241 e. The van der Waals surface area contributed by atoms with Gasteiger partial charge in [-0.3, -0.25) is 10.1 Å². The Morgan fingerprint density at radius 2 is 2.25 bits per heavy atom. The quantitative estimate of drug-likeness (QED) is 0.830. The lowest BCUT2D eigenvalue weighted by Gasteiger charge is -2.27. The summed E-state index contributed by atoms with van der Waals surface area (Å²) in [5, 5.41) is 5.51. The van der Waals surface area contributed by atoms with Crippen molar-refractivity contribution >= 4 is 17.2 Å². The molecule has 1 aromatic rings. The lowest BCUT2D eigenvalue weighted by molar-refractivity contribution is -0.130. The van der Waals surface area contributed by atoms with E-state index in [-0.39, 0.29) is 18.1 Å². The van der Waals surface area contributed by atoms with Gasteiger partial charge in [0.2, 0.25) is 5.91 Å². The van der Waals surface area contributed by atoms with Gasteiger partial charge in [-0.15, -0.1) is 11.3 Å². The molecule has 20 heavy (non-hydrogen) atoms. The molecule has 4 heteroatoms. The van der Waals surface area contributed by atoms with E-state index >= 15 is 0 Å². The van der Waals surface area contributed by atoms with E-state index in [0.29, 0.717) is 5.92 Å². The minimum absolute atomic E-state index is 0.0641. The van der Waals surface area contributed by atoms with Crippen molar-refractivity contribution in [3.8, 4) is 0 Å². The second-order valence-electron chi connectivity index (χ2n) is 5.71. The third-order valence-electron chi connectivity index (χ3n) is 4.18. The molecule has 1 aliphatic rings. The molecule has 0 saturated carbocycles. The van der Waals surface area contributed by atoms with E-state index in [1.807, 2.05) is 6.92 Å². The molecule has 1 aliphatic heterocycles. The number of hydrogen-bond acceptors (Lipinski definition) is 3. The van der Waals surface area contributed by atoms with Crippen LogP contribution in [0.15, 0.2) is 17.5 Å². The zero-order valence-electron chi connectivity index (χ0n) is 12.8. The fraction of sp³-hybridized carbons (Fsp3) is 0.688. The molecule has 2 heterocycles. The van der Waals surface area contributed by atoms with Gasteiger partial charge in [-0.05, 0) is 30.7 Å². The van der Waals surface area contributed by atoms with E-state index < -0.39 is 0 Å². The van der Waals surface area contributed by atoms with Gasteiger partial charge in [0, 0.05) is 11.4 Å². The number of carbonyl (C=O) groups excluding carboxylic acids is 1. The minimum atomic E-state index is -0.0641. The van der Waals surface area contributed by atoms with Crippen LogP contribution in [0.4, 0.5) is 0 Å². The summed E-state index contributed by atoms with van der Waals surface area (Å²) in [6.45, 7) is 7.31. The lowest BCUT2D eigenvalue weighted by Crippen LogP contribution is -2.34. The van der Waals surface area contributed by atoms with Crippen LogP contribution >= 0.6 is 11.3 Å². The van der Waals surface area contributed by atoms with Crippen LogP contribution in [-0.2, 0) is 4.79 Å². The Morgan fingerprint density at radius 1 is 1.45 bits per heavy atom. The monoisotopic (exact) mass is 294 g/mol. The molecule has 1 saturated heterocycles. The van der Waals surface area contributed by atoms with Gasteiger partial charge in [0.05, 0.1) is 6.04 Å². The second kappa shape index (κ2) is 7.23. The fourth-order valence-electron chi connectivity index (χ4n) is 2.85. The maximum atomic E-state index is 12.4. The molecule has 1 N–H and O–H groups in total. The number of hydrogen-bond donors (Lipinski definition) is 1. The number of carbonyl (C=O) groups is 1. The summed E-state index contributed by atoms with van der Waals surface area (Å²) in [5.74, 6) is 0.867. The lowest BCUT2D eigenvalue weighted by atomic mass is 9.98. The van der Waals surface area contributed by atoms with Crippen LogP contribution in [0, 0.1) is 5.92 Å². The molecule has 0 radical (unpaired) electrons. The molecule has 1 aromatic heterocycles. The molecular formula is C16H26N2OS. The molecule has 0 spiro atoms. The largest absolute Gasteiger partial charge is 0.320 e. The van der Waals surface area contributed by atoms with Crippen LogP contribution in [0.2, 0.25) is 0 Å². The number of amides is 1. The minimum Gasteiger partial charge on any atom is -0.320 e. The first kappa shape index (κ1) is 15.5. The van der Waals surface area contributed by atoms with E-state index in [1.165, 1.54) is 24.1 Å². The number of rotatable bonds is 7. The van der Waals surface area contributed by atoms with Gasteiger partial charge in [0.15, 0.2) is 0 Å². The Kier molecular flexibility index (Phi) is 5.61. The van der Waals surface area contributed by atoms with Crippen LogP contribution in [0.5, 0.6) is 0 Å². The average Bonchev–Trinajstić information content (AvgIpc) is 3.06. The van der Waals surface area contributed by atoms with Gasteiger partial charge >= 0.3 is 0 Å². The van der Waals surface area contributed by atoms with E-state index in [4.69, 9.17) is 0 Å². The Morgan fingerprint density at radius 3 is 2.85 bits per heavy atom. The van der Waals surface area contributed by atoms with Gasteiger partial charge in [-0.1, -0.05) is 39.2 Å². The first-order valence-electron chi connectivity index (χ1n) is 7.77. The van der Waals surface area contributed by atoms with E-state index in [2.05, 4.69) is 41.6 Å².